The molecule has 1 aliphatic rings. The molecule has 1 aromatic rings. The molecule has 0 atom stereocenters. The monoisotopic (exact) mass is 325 g/mol. The first-order valence-corrected chi connectivity index (χ1v) is 7.75. The zero-order valence-electron chi connectivity index (χ0n) is 11.9. The number of hydrogen-bond donors (Lipinski definition) is 1. The van der Waals surface area contributed by atoms with Gasteiger partial charge in [0.1, 0.15) is 0 Å². The Bertz CT molecular complexity index is 414. The van der Waals surface area contributed by atoms with Gasteiger partial charge in [-0.2, -0.15) is 0 Å². The van der Waals surface area contributed by atoms with Crippen LogP contribution in [0.15, 0.2) is 22.7 Å². The first-order chi connectivity index (χ1) is 9.04. The molecule has 3 nitrogen and oxygen atoms in total. The van der Waals surface area contributed by atoms with Gasteiger partial charge in [-0.05, 0) is 63.6 Å². The van der Waals surface area contributed by atoms with Crippen LogP contribution in [0.25, 0.3) is 0 Å². The highest BCUT2D eigenvalue weighted by atomic mass is 79.9. The highest BCUT2D eigenvalue weighted by Gasteiger charge is 2.18. The second-order valence-corrected chi connectivity index (χ2v) is 6.70. The summed E-state index contributed by atoms with van der Waals surface area (Å²) in [6, 6.07) is 6.17. The van der Waals surface area contributed by atoms with Crippen LogP contribution in [0.1, 0.15) is 18.4 Å². The third-order valence-electron chi connectivity index (χ3n) is 3.96. The number of benzene rings is 1. The highest BCUT2D eigenvalue weighted by Crippen LogP contribution is 2.21. The Kier molecular flexibility index (Phi) is 5.25. The van der Waals surface area contributed by atoms with E-state index >= 15 is 0 Å². The fourth-order valence-corrected chi connectivity index (χ4v) is 3.13. The van der Waals surface area contributed by atoms with Gasteiger partial charge in [0.25, 0.3) is 0 Å². The number of hydrogen-bond acceptors (Lipinski definition) is 3. The van der Waals surface area contributed by atoms with Gasteiger partial charge in [0.05, 0.1) is 0 Å². The van der Waals surface area contributed by atoms with Gasteiger partial charge in [-0.1, -0.05) is 22.0 Å². The van der Waals surface area contributed by atoms with E-state index in [0.29, 0.717) is 0 Å². The van der Waals surface area contributed by atoms with Crippen LogP contribution in [-0.2, 0) is 6.54 Å². The van der Waals surface area contributed by atoms with Crippen molar-refractivity contribution in [2.24, 2.45) is 5.92 Å². The first kappa shape index (κ1) is 14.8. The molecule has 1 aromatic carbocycles. The Morgan fingerprint density at radius 3 is 2.68 bits per heavy atom. The van der Waals surface area contributed by atoms with Crippen LogP contribution >= 0.6 is 15.9 Å². The molecule has 2 N–H and O–H groups in total. The topological polar surface area (TPSA) is 32.5 Å². The molecule has 2 rings (SSSR count). The van der Waals surface area contributed by atoms with E-state index in [4.69, 9.17) is 5.73 Å². The molecule has 1 fully saturated rings. The number of anilines is 1. The molecule has 0 radical (unpaired) electrons. The molecule has 1 aliphatic heterocycles. The van der Waals surface area contributed by atoms with Gasteiger partial charge in [-0.25, -0.2) is 0 Å². The lowest BCUT2D eigenvalue weighted by molar-refractivity contribution is 0.173. The molecular formula is C15H24BrN3. The van der Waals surface area contributed by atoms with Gasteiger partial charge in [0.15, 0.2) is 0 Å². The predicted octanol–water partition coefficient (Wildman–Crippen LogP) is 2.80. The molecule has 0 bridgehead atoms. The smallest absolute Gasteiger partial charge is 0.0371 e. The number of halogens is 1. The van der Waals surface area contributed by atoms with Crippen molar-refractivity contribution in [3.8, 4) is 0 Å². The average Bonchev–Trinajstić information content (AvgIpc) is 2.36. The van der Waals surface area contributed by atoms with Crippen molar-refractivity contribution in [3.63, 3.8) is 0 Å². The third kappa shape index (κ3) is 4.48. The van der Waals surface area contributed by atoms with Crippen LogP contribution in [0, 0.1) is 5.92 Å². The Hall–Kier alpha value is -0.580. The summed E-state index contributed by atoms with van der Waals surface area (Å²) in [5.74, 6) is 0.831. The van der Waals surface area contributed by atoms with Gasteiger partial charge >= 0.3 is 0 Å². The van der Waals surface area contributed by atoms with Crippen molar-refractivity contribution in [2.75, 3.05) is 39.5 Å². The van der Waals surface area contributed by atoms with Gasteiger partial charge in [-0.3, -0.25) is 0 Å². The average molecular weight is 326 g/mol. The van der Waals surface area contributed by atoms with E-state index in [-0.39, 0.29) is 0 Å². The number of nitrogens with two attached hydrogens (primary N) is 1. The largest absolute Gasteiger partial charge is 0.398 e. The Morgan fingerprint density at radius 1 is 1.37 bits per heavy atom. The van der Waals surface area contributed by atoms with E-state index < -0.39 is 0 Å². The van der Waals surface area contributed by atoms with E-state index in [1.165, 1.54) is 38.0 Å². The van der Waals surface area contributed by atoms with Gasteiger partial charge < -0.3 is 15.5 Å². The quantitative estimate of drug-likeness (QED) is 0.864. The Morgan fingerprint density at radius 2 is 2.05 bits per heavy atom. The van der Waals surface area contributed by atoms with E-state index in [0.717, 1.165) is 22.6 Å². The molecule has 0 amide bonds. The number of piperidine rings is 1. The third-order valence-corrected chi connectivity index (χ3v) is 4.45. The highest BCUT2D eigenvalue weighted by molar-refractivity contribution is 9.10. The number of rotatable bonds is 4. The molecule has 106 valence electrons. The normalized spacial score (nSPS) is 18.1. The maximum absolute atomic E-state index is 6.06. The molecule has 0 spiro atoms. The fraction of sp³-hybridized carbons (Fsp3) is 0.600. The number of nitrogen functional groups attached to an aromatic ring is 1. The molecule has 1 saturated heterocycles. The molecular weight excluding hydrogens is 302 g/mol. The van der Waals surface area contributed by atoms with Crippen molar-refractivity contribution >= 4 is 21.6 Å². The molecule has 0 unspecified atom stereocenters. The summed E-state index contributed by atoms with van der Waals surface area (Å²) in [7, 11) is 4.41. The number of nitrogens with zero attached hydrogens (tertiary/aromatic N) is 2. The molecule has 19 heavy (non-hydrogen) atoms. The maximum Gasteiger partial charge on any atom is 0.0371 e. The van der Waals surface area contributed by atoms with Gasteiger partial charge in [-0.15, -0.1) is 0 Å². The van der Waals surface area contributed by atoms with Crippen LogP contribution in [0.5, 0.6) is 0 Å². The van der Waals surface area contributed by atoms with Crippen LogP contribution in [0.4, 0.5) is 5.69 Å². The zero-order chi connectivity index (χ0) is 13.8. The molecule has 0 saturated carbocycles. The second kappa shape index (κ2) is 6.73. The first-order valence-electron chi connectivity index (χ1n) is 6.95. The molecule has 4 heteroatoms. The lowest BCUT2D eigenvalue weighted by Gasteiger charge is -2.31. The zero-order valence-corrected chi connectivity index (χ0v) is 13.5. The van der Waals surface area contributed by atoms with Crippen molar-refractivity contribution in [2.45, 2.75) is 19.4 Å². The SMILES string of the molecule is CN1CCC(CN(C)Cc2ccc(Br)cc2N)CC1. The van der Waals surface area contributed by atoms with Gasteiger partial charge in [0, 0.05) is 23.2 Å². The summed E-state index contributed by atoms with van der Waals surface area (Å²) in [6.07, 6.45) is 2.63. The van der Waals surface area contributed by atoms with Crippen molar-refractivity contribution in [1.82, 2.24) is 9.80 Å². The maximum atomic E-state index is 6.06. The van der Waals surface area contributed by atoms with Crippen LogP contribution < -0.4 is 5.73 Å². The summed E-state index contributed by atoms with van der Waals surface area (Å²) < 4.78 is 1.05. The van der Waals surface area contributed by atoms with E-state index in [1.54, 1.807) is 0 Å². The molecule has 0 aliphatic carbocycles. The second-order valence-electron chi connectivity index (χ2n) is 5.79. The van der Waals surface area contributed by atoms with Crippen molar-refractivity contribution < 1.29 is 0 Å². The molecule has 0 aromatic heterocycles. The standard InChI is InChI=1S/C15H24BrN3/c1-18-7-5-12(6-8-18)10-19(2)11-13-3-4-14(16)9-15(13)17/h3-4,9,12H,5-8,10-11,17H2,1-2H3. The van der Waals surface area contributed by atoms with Crippen LogP contribution in [0.2, 0.25) is 0 Å². The summed E-state index contributed by atoms with van der Waals surface area (Å²) in [5.41, 5.74) is 8.16. The van der Waals surface area contributed by atoms with E-state index in [2.05, 4.69) is 52.0 Å². The summed E-state index contributed by atoms with van der Waals surface area (Å²) in [6.45, 7) is 4.58. The number of likely N-dealkylation sites (tertiary alicyclic amines) is 1. The van der Waals surface area contributed by atoms with Gasteiger partial charge in [0.2, 0.25) is 0 Å². The summed E-state index contributed by atoms with van der Waals surface area (Å²) in [5, 5.41) is 0. The Balaban J connectivity index is 1.85. The fourth-order valence-electron chi connectivity index (χ4n) is 2.75. The van der Waals surface area contributed by atoms with Crippen molar-refractivity contribution in [3.05, 3.63) is 28.2 Å². The molecule has 1 heterocycles. The summed E-state index contributed by atoms with van der Waals surface area (Å²) >= 11 is 3.45. The minimum Gasteiger partial charge on any atom is -0.398 e. The minimum atomic E-state index is 0.831. The van der Waals surface area contributed by atoms with E-state index in [1.807, 2.05) is 6.07 Å². The van der Waals surface area contributed by atoms with Crippen molar-refractivity contribution in [1.29, 1.82) is 0 Å². The summed E-state index contributed by atoms with van der Waals surface area (Å²) in [4.78, 5) is 4.82. The Labute approximate surface area is 124 Å². The van der Waals surface area contributed by atoms with E-state index in [9.17, 15) is 0 Å². The predicted molar refractivity (Wildman–Crippen MR) is 85.1 cm³/mol. The van der Waals surface area contributed by atoms with Crippen LogP contribution in [-0.4, -0.2) is 43.5 Å². The lowest BCUT2D eigenvalue weighted by Crippen LogP contribution is -2.35. The minimum absolute atomic E-state index is 0.831. The lowest BCUT2D eigenvalue weighted by atomic mass is 9.96. The van der Waals surface area contributed by atoms with Crippen LogP contribution in [0.3, 0.4) is 0 Å².